The molecule has 1 amide bonds. The van der Waals surface area contributed by atoms with E-state index in [1.165, 1.54) is 6.07 Å². The lowest BCUT2D eigenvalue weighted by atomic mass is 9.76. The van der Waals surface area contributed by atoms with E-state index in [0.717, 1.165) is 36.2 Å². The number of sulfone groups is 1. The number of hydrogen-bond donors (Lipinski definition) is 1. The Labute approximate surface area is 237 Å². The maximum atomic E-state index is 14.1. The third kappa shape index (κ3) is 5.58. The molecule has 2 unspecified atom stereocenters. The third-order valence-electron chi connectivity index (χ3n) is 8.44. The van der Waals surface area contributed by atoms with Gasteiger partial charge in [-0.3, -0.25) is 4.79 Å². The number of amides is 1. The summed E-state index contributed by atoms with van der Waals surface area (Å²) in [7, 11) is -3.01. The molecule has 214 valence electrons. The number of anilines is 1. The molecule has 2 saturated carbocycles. The van der Waals surface area contributed by atoms with Gasteiger partial charge < -0.3 is 14.6 Å². The number of carbonyl (C=O) groups excluding carboxylic acids is 1. The summed E-state index contributed by atoms with van der Waals surface area (Å²) in [5.41, 5.74) is 1.62. The molecule has 11 heteroatoms. The predicted octanol–water partition coefficient (Wildman–Crippen LogP) is 4.97. The van der Waals surface area contributed by atoms with Crippen molar-refractivity contribution in [3.8, 4) is 28.8 Å². The number of benzene rings is 2. The highest BCUT2D eigenvalue weighted by atomic mass is 32.2. The van der Waals surface area contributed by atoms with E-state index >= 15 is 0 Å². The van der Waals surface area contributed by atoms with E-state index in [4.69, 9.17) is 9.40 Å². The minimum atomic E-state index is -3.01. The topological polar surface area (TPSA) is 116 Å². The van der Waals surface area contributed by atoms with Crippen LogP contribution >= 0.6 is 0 Å². The van der Waals surface area contributed by atoms with Gasteiger partial charge in [0.1, 0.15) is 17.0 Å². The van der Waals surface area contributed by atoms with Gasteiger partial charge in [-0.05, 0) is 56.0 Å². The average molecular weight is 581 g/mol. The lowest BCUT2D eigenvalue weighted by Crippen LogP contribution is -2.42. The Balaban J connectivity index is 1.36. The van der Waals surface area contributed by atoms with Gasteiger partial charge in [0.25, 0.3) is 0 Å². The molecule has 2 aromatic carbocycles. The molecule has 1 N–H and O–H groups in total. The molecular formula is C30H30F2N4O4S. The van der Waals surface area contributed by atoms with Crippen LogP contribution in [0.5, 0.6) is 0 Å². The number of nitrogens with one attached hydrogen (secondary N) is 1. The van der Waals surface area contributed by atoms with Crippen LogP contribution in [0.2, 0.25) is 0 Å². The van der Waals surface area contributed by atoms with Crippen molar-refractivity contribution in [2.24, 2.45) is 5.92 Å². The zero-order valence-electron chi connectivity index (χ0n) is 22.4. The minimum absolute atomic E-state index is 0.109. The number of rotatable bonds is 6. The summed E-state index contributed by atoms with van der Waals surface area (Å²) in [5, 5.41) is 12.5. The third-order valence-corrected chi connectivity index (χ3v) is 10.0. The Kier molecular flexibility index (Phi) is 7.06. The zero-order chi connectivity index (χ0) is 28.8. The first-order chi connectivity index (χ1) is 19.7. The zero-order valence-corrected chi connectivity index (χ0v) is 23.2. The van der Waals surface area contributed by atoms with Gasteiger partial charge in [0.05, 0.1) is 17.6 Å². The molecule has 3 aromatic rings. The average Bonchev–Trinajstić information content (AvgIpc) is 3.61. The smallest absolute Gasteiger partial charge is 0.226 e. The lowest BCUT2D eigenvalue weighted by Gasteiger charge is -2.30. The number of oxazole rings is 1. The van der Waals surface area contributed by atoms with Gasteiger partial charge in [-0.15, -0.1) is 0 Å². The monoisotopic (exact) mass is 580 g/mol. The SMILES string of the molecule is N#CC1(NC(=O)C2CCCCC2c2oc(-c3ccc(F)c(F)c3)nc2-c2ccc(N3CCS(=O)(=O)CC3)cc2)CC1. The van der Waals surface area contributed by atoms with Gasteiger partial charge in [-0.2, -0.15) is 5.26 Å². The molecule has 8 nitrogen and oxygen atoms in total. The highest BCUT2D eigenvalue weighted by molar-refractivity contribution is 7.91. The first-order valence-electron chi connectivity index (χ1n) is 13.9. The van der Waals surface area contributed by atoms with Crippen molar-refractivity contribution in [3.63, 3.8) is 0 Å². The maximum Gasteiger partial charge on any atom is 0.226 e. The number of nitrogens with zero attached hydrogens (tertiary/aromatic N) is 3. The molecule has 1 aromatic heterocycles. The first kappa shape index (κ1) is 27.4. The molecule has 6 rings (SSSR count). The van der Waals surface area contributed by atoms with Crippen LogP contribution in [-0.2, 0) is 14.6 Å². The van der Waals surface area contributed by atoms with Gasteiger partial charge in [0.15, 0.2) is 21.5 Å². The predicted molar refractivity (Wildman–Crippen MR) is 149 cm³/mol. The molecule has 0 spiro atoms. The van der Waals surface area contributed by atoms with Gasteiger partial charge >= 0.3 is 0 Å². The van der Waals surface area contributed by atoms with Crippen LogP contribution in [0.15, 0.2) is 46.9 Å². The number of nitriles is 1. The van der Waals surface area contributed by atoms with Gasteiger partial charge in [-0.25, -0.2) is 22.2 Å². The Morgan fingerprint density at radius 2 is 1.71 bits per heavy atom. The second kappa shape index (κ2) is 10.6. The first-order valence-corrected chi connectivity index (χ1v) is 15.7. The Hall–Kier alpha value is -3.78. The fourth-order valence-corrected chi connectivity index (χ4v) is 7.02. The van der Waals surface area contributed by atoms with Crippen LogP contribution in [0.3, 0.4) is 0 Å². The van der Waals surface area contributed by atoms with E-state index in [0.29, 0.717) is 50.2 Å². The largest absolute Gasteiger partial charge is 0.440 e. The van der Waals surface area contributed by atoms with Gasteiger partial charge in [0, 0.05) is 41.7 Å². The van der Waals surface area contributed by atoms with Crippen LogP contribution in [0.1, 0.15) is 50.2 Å². The standard InChI is InChI=1S/C30H30F2N4O4S/c31-24-10-7-20(17-25(24)32)29-34-26(19-5-8-21(9-6-19)36-13-15-41(38,39)16-14-36)27(40-29)22-3-1-2-4-23(22)28(37)35-30(18-33)11-12-30/h5-10,17,22-23H,1-4,11-16H2,(H,35,37). The highest BCUT2D eigenvalue weighted by Gasteiger charge is 2.47. The van der Waals surface area contributed by atoms with Crippen molar-refractivity contribution in [1.82, 2.24) is 10.3 Å². The number of carbonyl (C=O) groups is 1. The van der Waals surface area contributed by atoms with Crippen molar-refractivity contribution < 1.29 is 26.4 Å². The normalized spacial score (nSPS) is 23.0. The molecule has 2 atom stereocenters. The molecule has 2 aliphatic carbocycles. The molecule has 1 aliphatic heterocycles. The summed E-state index contributed by atoms with van der Waals surface area (Å²) in [4.78, 5) is 20.1. The highest BCUT2D eigenvalue weighted by Crippen LogP contribution is 2.45. The van der Waals surface area contributed by atoms with Gasteiger partial charge in [-0.1, -0.05) is 25.0 Å². The number of halogens is 2. The summed E-state index contributed by atoms with van der Waals surface area (Å²) in [6.45, 7) is 0.834. The molecule has 2 heterocycles. The van der Waals surface area contributed by atoms with E-state index < -0.39 is 32.9 Å². The summed E-state index contributed by atoms with van der Waals surface area (Å²) in [6.07, 6.45) is 4.33. The molecule has 3 aliphatic rings. The lowest BCUT2D eigenvalue weighted by molar-refractivity contribution is -0.127. The molecule has 0 bridgehead atoms. The number of aromatic nitrogens is 1. The minimum Gasteiger partial charge on any atom is -0.440 e. The summed E-state index contributed by atoms with van der Waals surface area (Å²) in [6, 6.07) is 13.2. The van der Waals surface area contributed by atoms with Crippen LogP contribution in [0, 0.1) is 28.9 Å². The van der Waals surface area contributed by atoms with E-state index in [1.807, 2.05) is 29.2 Å². The fourth-order valence-electron chi connectivity index (χ4n) is 5.82. The second-order valence-corrected chi connectivity index (χ2v) is 13.5. The summed E-state index contributed by atoms with van der Waals surface area (Å²) < 4.78 is 57.8. The van der Waals surface area contributed by atoms with Crippen molar-refractivity contribution in [3.05, 3.63) is 59.9 Å². The molecule has 41 heavy (non-hydrogen) atoms. The fraction of sp³-hybridized carbons (Fsp3) is 0.433. The second-order valence-electron chi connectivity index (χ2n) is 11.2. The van der Waals surface area contributed by atoms with Crippen LogP contribution in [0.4, 0.5) is 14.5 Å². The Morgan fingerprint density at radius 1 is 1.02 bits per heavy atom. The van der Waals surface area contributed by atoms with Crippen molar-refractivity contribution in [1.29, 1.82) is 5.26 Å². The van der Waals surface area contributed by atoms with Crippen molar-refractivity contribution in [2.45, 2.75) is 50.0 Å². The van der Waals surface area contributed by atoms with Gasteiger partial charge in [0.2, 0.25) is 11.8 Å². The summed E-state index contributed by atoms with van der Waals surface area (Å²) >= 11 is 0. The van der Waals surface area contributed by atoms with Crippen LogP contribution < -0.4 is 10.2 Å². The molecule has 1 saturated heterocycles. The van der Waals surface area contributed by atoms with Crippen molar-refractivity contribution in [2.75, 3.05) is 29.5 Å². The van der Waals surface area contributed by atoms with E-state index in [9.17, 15) is 27.3 Å². The maximum absolute atomic E-state index is 14.1. The van der Waals surface area contributed by atoms with Crippen LogP contribution in [0.25, 0.3) is 22.7 Å². The molecule has 0 radical (unpaired) electrons. The Morgan fingerprint density at radius 3 is 2.37 bits per heavy atom. The quantitative estimate of drug-likeness (QED) is 0.438. The van der Waals surface area contributed by atoms with E-state index in [2.05, 4.69) is 11.4 Å². The van der Waals surface area contributed by atoms with E-state index in [-0.39, 0.29) is 34.8 Å². The Bertz CT molecular complexity index is 1610. The van der Waals surface area contributed by atoms with Crippen LogP contribution in [-0.4, -0.2) is 49.4 Å². The number of hydrogen-bond acceptors (Lipinski definition) is 7. The molecule has 3 fully saturated rings. The van der Waals surface area contributed by atoms with E-state index in [1.54, 1.807) is 0 Å². The van der Waals surface area contributed by atoms with Crippen molar-refractivity contribution >= 4 is 21.4 Å². The summed E-state index contributed by atoms with van der Waals surface area (Å²) in [5.74, 6) is -2.06. The molecular weight excluding hydrogens is 550 g/mol.